The van der Waals surface area contributed by atoms with Gasteiger partial charge in [-0.1, -0.05) is 24.3 Å². The molecule has 7 nitrogen and oxygen atoms in total. The Hall–Kier alpha value is -3.91. The van der Waals surface area contributed by atoms with Gasteiger partial charge in [0.2, 0.25) is 5.89 Å². The van der Waals surface area contributed by atoms with Crippen molar-refractivity contribution >= 4 is 40.0 Å². The highest BCUT2D eigenvalue weighted by molar-refractivity contribution is 7.80. The van der Waals surface area contributed by atoms with Gasteiger partial charge in [-0.05, 0) is 61.1 Å². The summed E-state index contributed by atoms with van der Waals surface area (Å²) >= 11 is 5.16. The summed E-state index contributed by atoms with van der Waals surface area (Å²) in [5.41, 5.74) is 3.39. The van der Waals surface area contributed by atoms with Crippen LogP contribution in [0.4, 0.5) is 5.69 Å². The van der Waals surface area contributed by atoms with Crippen LogP contribution in [0.15, 0.2) is 71.1 Å². The van der Waals surface area contributed by atoms with Gasteiger partial charge in [-0.15, -0.1) is 0 Å². The Morgan fingerprint density at radius 2 is 1.94 bits per heavy atom. The first-order valence-corrected chi connectivity index (χ1v) is 9.88. The molecule has 8 heteroatoms. The molecule has 31 heavy (non-hydrogen) atoms. The molecule has 4 rings (SSSR count). The number of fused-ring (bicyclic) bond motifs is 1. The zero-order chi connectivity index (χ0) is 21.8. The molecule has 3 N–H and O–H groups in total. The predicted molar refractivity (Wildman–Crippen MR) is 122 cm³/mol. The molecular formula is C23H19N3O4S. The van der Waals surface area contributed by atoms with Crippen LogP contribution in [0, 0.1) is 6.92 Å². The molecule has 0 unspecified atom stereocenters. The van der Waals surface area contributed by atoms with Crippen LogP contribution < -0.4 is 15.4 Å². The summed E-state index contributed by atoms with van der Waals surface area (Å²) in [6.07, 6.45) is 0. The van der Waals surface area contributed by atoms with Crippen LogP contribution in [-0.2, 0) is 4.79 Å². The average Bonchev–Trinajstić information content (AvgIpc) is 3.15. The largest absolute Gasteiger partial charge is 0.507 e. The second-order valence-corrected chi connectivity index (χ2v) is 7.23. The summed E-state index contributed by atoms with van der Waals surface area (Å²) in [6, 6.07) is 19.5. The van der Waals surface area contributed by atoms with E-state index < -0.39 is 5.91 Å². The molecule has 0 radical (unpaired) electrons. The predicted octanol–water partition coefficient (Wildman–Crippen LogP) is 4.40. The highest BCUT2D eigenvalue weighted by atomic mass is 32.1. The van der Waals surface area contributed by atoms with Gasteiger partial charge in [-0.2, -0.15) is 0 Å². The summed E-state index contributed by atoms with van der Waals surface area (Å²) in [5, 5.41) is 15.9. The molecule has 1 amide bonds. The van der Waals surface area contributed by atoms with Crippen molar-refractivity contribution in [2.45, 2.75) is 6.92 Å². The molecule has 0 fully saturated rings. The molecule has 4 aromatic rings. The molecule has 0 aliphatic carbocycles. The van der Waals surface area contributed by atoms with Crippen LogP contribution in [0.5, 0.6) is 11.5 Å². The smallest absolute Gasteiger partial charge is 0.264 e. The molecule has 1 heterocycles. The first-order chi connectivity index (χ1) is 15.0. The van der Waals surface area contributed by atoms with Crippen molar-refractivity contribution in [1.29, 1.82) is 0 Å². The maximum absolute atomic E-state index is 12.0. The fraction of sp³-hybridized carbons (Fsp3) is 0.0870. The fourth-order valence-corrected chi connectivity index (χ4v) is 3.17. The highest BCUT2D eigenvalue weighted by Crippen LogP contribution is 2.33. The molecule has 0 aliphatic rings. The maximum atomic E-state index is 12.0. The number of hydrogen-bond donors (Lipinski definition) is 3. The Morgan fingerprint density at radius 1 is 1.13 bits per heavy atom. The van der Waals surface area contributed by atoms with E-state index >= 15 is 0 Å². The third-order valence-electron chi connectivity index (χ3n) is 4.40. The van der Waals surface area contributed by atoms with Crippen molar-refractivity contribution in [3.8, 4) is 23.0 Å². The van der Waals surface area contributed by atoms with E-state index in [1.54, 1.807) is 24.3 Å². The van der Waals surface area contributed by atoms with Crippen LogP contribution in [0.2, 0.25) is 0 Å². The quantitative estimate of drug-likeness (QED) is 0.401. The van der Waals surface area contributed by atoms with E-state index in [4.69, 9.17) is 21.4 Å². The summed E-state index contributed by atoms with van der Waals surface area (Å²) in [7, 11) is 0. The van der Waals surface area contributed by atoms with Gasteiger partial charge < -0.3 is 19.6 Å². The van der Waals surface area contributed by atoms with Crippen LogP contribution in [0.1, 0.15) is 5.56 Å². The molecule has 3 aromatic carbocycles. The Balaban J connectivity index is 1.38. The number of aryl methyl sites for hydroxylation is 1. The summed E-state index contributed by atoms with van der Waals surface area (Å²) < 4.78 is 11.1. The number of carbonyl (C=O) groups is 1. The number of para-hydroxylation sites is 1. The number of benzene rings is 3. The number of hydrogen-bond acceptors (Lipinski definition) is 6. The monoisotopic (exact) mass is 433 g/mol. The molecule has 0 spiro atoms. The number of carbonyl (C=O) groups excluding carboxylic acids is 1. The Morgan fingerprint density at radius 3 is 2.71 bits per heavy atom. The van der Waals surface area contributed by atoms with Gasteiger partial charge in [-0.25, -0.2) is 4.98 Å². The Kier molecular flexibility index (Phi) is 5.81. The van der Waals surface area contributed by atoms with E-state index in [0.29, 0.717) is 28.5 Å². The summed E-state index contributed by atoms with van der Waals surface area (Å²) in [5.74, 6) is 0.476. The van der Waals surface area contributed by atoms with Gasteiger partial charge in [-0.3, -0.25) is 10.1 Å². The van der Waals surface area contributed by atoms with Crippen molar-refractivity contribution in [3.63, 3.8) is 0 Å². The summed E-state index contributed by atoms with van der Waals surface area (Å²) in [6.45, 7) is 1.80. The average molecular weight is 433 g/mol. The number of phenols is 1. The molecule has 0 bridgehead atoms. The number of nitrogens with zero attached hydrogens (tertiary/aromatic N) is 1. The number of thiocarbonyl (C=S) groups is 1. The first-order valence-electron chi connectivity index (χ1n) is 9.47. The molecular weight excluding hydrogens is 414 g/mol. The number of anilines is 1. The lowest BCUT2D eigenvalue weighted by Gasteiger charge is -2.11. The SMILES string of the molecule is Cc1ccc2oc(-c3ccc(NC(=S)NC(=O)COc4ccccc4)cc3O)nc2c1. The van der Waals surface area contributed by atoms with E-state index in [1.165, 1.54) is 6.07 Å². The van der Waals surface area contributed by atoms with E-state index in [2.05, 4.69) is 15.6 Å². The maximum Gasteiger partial charge on any atom is 0.264 e. The standard InChI is InChI=1S/C23H19N3O4S/c1-14-7-10-20-18(11-14)25-22(30-20)17-9-8-15(12-19(17)27)24-23(31)26-21(28)13-29-16-5-3-2-4-6-16/h2-12,27H,13H2,1H3,(H2,24,26,28,31). The molecule has 156 valence electrons. The third-order valence-corrected chi connectivity index (χ3v) is 4.60. The molecule has 0 aliphatic heterocycles. The van der Waals surface area contributed by atoms with Crippen molar-refractivity contribution in [2.75, 3.05) is 11.9 Å². The van der Waals surface area contributed by atoms with Crippen LogP contribution in [-0.4, -0.2) is 27.7 Å². The number of nitrogens with one attached hydrogen (secondary N) is 2. The number of rotatable bonds is 5. The van der Waals surface area contributed by atoms with Crippen molar-refractivity contribution in [2.24, 2.45) is 0 Å². The number of ether oxygens (including phenoxy) is 1. The lowest BCUT2D eigenvalue weighted by Crippen LogP contribution is -2.37. The number of aromatic hydroxyl groups is 1. The van der Waals surface area contributed by atoms with Gasteiger partial charge in [0.1, 0.15) is 17.0 Å². The topological polar surface area (TPSA) is 96.6 Å². The molecule has 0 atom stereocenters. The van der Waals surface area contributed by atoms with Gasteiger partial charge in [0.05, 0.1) is 5.56 Å². The van der Waals surface area contributed by atoms with Gasteiger partial charge in [0, 0.05) is 11.8 Å². The number of phenolic OH excluding ortho intramolecular Hbond substituents is 1. The zero-order valence-electron chi connectivity index (χ0n) is 16.6. The molecule has 1 aromatic heterocycles. The van der Waals surface area contributed by atoms with E-state index in [-0.39, 0.29) is 17.5 Å². The normalized spacial score (nSPS) is 10.6. The highest BCUT2D eigenvalue weighted by Gasteiger charge is 2.14. The van der Waals surface area contributed by atoms with Crippen molar-refractivity contribution in [1.82, 2.24) is 10.3 Å². The third kappa shape index (κ3) is 4.99. The minimum atomic E-state index is -0.399. The lowest BCUT2D eigenvalue weighted by molar-refractivity contribution is -0.121. The van der Waals surface area contributed by atoms with Crippen LogP contribution in [0.3, 0.4) is 0 Å². The zero-order valence-corrected chi connectivity index (χ0v) is 17.4. The van der Waals surface area contributed by atoms with Crippen LogP contribution in [0.25, 0.3) is 22.6 Å². The Bertz CT molecular complexity index is 1250. The van der Waals surface area contributed by atoms with Gasteiger partial charge >= 0.3 is 0 Å². The number of amides is 1. The number of oxazole rings is 1. The minimum Gasteiger partial charge on any atom is -0.507 e. The Labute approximate surface area is 183 Å². The molecule has 0 saturated heterocycles. The van der Waals surface area contributed by atoms with Crippen molar-refractivity contribution < 1.29 is 19.1 Å². The lowest BCUT2D eigenvalue weighted by atomic mass is 10.2. The van der Waals surface area contributed by atoms with E-state index in [0.717, 1.165) is 11.1 Å². The van der Waals surface area contributed by atoms with Crippen LogP contribution >= 0.6 is 12.2 Å². The minimum absolute atomic E-state index is 0.0326. The fourth-order valence-electron chi connectivity index (χ4n) is 2.93. The van der Waals surface area contributed by atoms with Gasteiger partial charge in [0.15, 0.2) is 17.3 Å². The first kappa shape index (κ1) is 20.4. The van der Waals surface area contributed by atoms with E-state index in [9.17, 15) is 9.90 Å². The van der Waals surface area contributed by atoms with Gasteiger partial charge in [0.25, 0.3) is 5.91 Å². The second-order valence-electron chi connectivity index (χ2n) is 6.83. The van der Waals surface area contributed by atoms with E-state index in [1.807, 2.05) is 43.3 Å². The molecule has 0 saturated carbocycles. The van der Waals surface area contributed by atoms with Crippen molar-refractivity contribution in [3.05, 3.63) is 72.3 Å². The summed E-state index contributed by atoms with van der Waals surface area (Å²) in [4.78, 5) is 16.4. The number of aromatic nitrogens is 1. The second kappa shape index (κ2) is 8.85.